The van der Waals surface area contributed by atoms with Crippen molar-refractivity contribution >= 4 is 11.9 Å². The summed E-state index contributed by atoms with van der Waals surface area (Å²) < 4.78 is 10.6. The largest absolute Gasteiger partial charge is 0.494 e. The second-order valence-electron chi connectivity index (χ2n) is 4.24. The van der Waals surface area contributed by atoms with Gasteiger partial charge < -0.3 is 19.9 Å². The molecule has 1 unspecified atom stereocenters. The van der Waals surface area contributed by atoms with Crippen LogP contribution in [0.2, 0.25) is 0 Å². The molecular weight excluding hydrogens is 262 g/mol. The van der Waals surface area contributed by atoms with Crippen LogP contribution in [0, 0.1) is 5.92 Å². The monoisotopic (exact) mass is 281 g/mol. The molecular formula is C14H19NO5. The molecule has 1 atom stereocenters. The van der Waals surface area contributed by atoms with Crippen molar-refractivity contribution in [2.75, 3.05) is 19.8 Å². The molecule has 0 heterocycles. The van der Waals surface area contributed by atoms with Gasteiger partial charge in [-0.3, -0.25) is 9.59 Å². The lowest BCUT2D eigenvalue weighted by atomic mass is 10.2. The van der Waals surface area contributed by atoms with Crippen molar-refractivity contribution in [1.29, 1.82) is 0 Å². The second kappa shape index (κ2) is 8.04. The molecule has 0 saturated carbocycles. The lowest BCUT2D eigenvalue weighted by Crippen LogP contribution is -2.34. The molecule has 6 heteroatoms. The Morgan fingerprint density at radius 1 is 1.20 bits per heavy atom. The van der Waals surface area contributed by atoms with Gasteiger partial charge in [-0.05, 0) is 31.2 Å². The van der Waals surface area contributed by atoms with E-state index in [4.69, 9.17) is 14.6 Å². The van der Waals surface area contributed by atoms with Crippen molar-refractivity contribution in [3.05, 3.63) is 24.3 Å². The van der Waals surface area contributed by atoms with Crippen LogP contribution < -0.4 is 14.8 Å². The number of ether oxygens (including phenoxy) is 2. The maximum absolute atomic E-state index is 11.5. The average Bonchev–Trinajstić information content (AvgIpc) is 2.44. The summed E-state index contributed by atoms with van der Waals surface area (Å²) in [5, 5.41) is 11.2. The summed E-state index contributed by atoms with van der Waals surface area (Å²) in [4.78, 5) is 22.0. The minimum absolute atomic E-state index is 0.0841. The topological polar surface area (TPSA) is 84.9 Å². The highest BCUT2D eigenvalue weighted by Gasteiger charge is 2.12. The first-order valence-electron chi connectivity index (χ1n) is 6.38. The fraction of sp³-hybridized carbons (Fsp3) is 0.429. The summed E-state index contributed by atoms with van der Waals surface area (Å²) in [6.07, 6.45) is 0. The minimum Gasteiger partial charge on any atom is -0.494 e. The van der Waals surface area contributed by atoms with Crippen molar-refractivity contribution in [3.63, 3.8) is 0 Å². The van der Waals surface area contributed by atoms with Crippen LogP contribution in [-0.2, 0) is 9.59 Å². The summed E-state index contributed by atoms with van der Waals surface area (Å²) in [5.74, 6) is -0.636. The highest BCUT2D eigenvalue weighted by Crippen LogP contribution is 2.17. The first-order chi connectivity index (χ1) is 9.52. The number of rotatable bonds is 8. The number of benzene rings is 1. The van der Waals surface area contributed by atoms with Crippen LogP contribution in [0.25, 0.3) is 0 Å². The number of aliphatic carboxylic acids is 1. The van der Waals surface area contributed by atoms with Crippen molar-refractivity contribution in [2.45, 2.75) is 13.8 Å². The van der Waals surface area contributed by atoms with E-state index in [0.29, 0.717) is 12.4 Å². The second-order valence-corrected chi connectivity index (χ2v) is 4.24. The van der Waals surface area contributed by atoms with E-state index in [1.165, 1.54) is 6.92 Å². The molecule has 0 bridgehead atoms. The van der Waals surface area contributed by atoms with Gasteiger partial charge in [-0.2, -0.15) is 0 Å². The van der Waals surface area contributed by atoms with Gasteiger partial charge in [0.05, 0.1) is 12.5 Å². The van der Waals surface area contributed by atoms with E-state index in [2.05, 4.69) is 5.32 Å². The third-order valence-electron chi connectivity index (χ3n) is 2.53. The van der Waals surface area contributed by atoms with Crippen molar-refractivity contribution in [3.8, 4) is 11.5 Å². The maximum atomic E-state index is 11.5. The van der Waals surface area contributed by atoms with Crippen molar-refractivity contribution in [1.82, 2.24) is 5.32 Å². The molecule has 0 spiro atoms. The van der Waals surface area contributed by atoms with Crippen molar-refractivity contribution < 1.29 is 24.2 Å². The Balaban J connectivity index is 2.31. The summed E-state index contributed by atoms with van der Waals surface area (Å²) in [6, 6.07) is 6.92. The molecule has 1 aromatic carbocycles. The summed E-state index contributed by atoms with van der Waals surface area (Å²) >= 11 is 0. The van der Waals surface area contributed by atoms with E-state index in [-0.39, 0.29) is 19.1 Å². The fourth-order valence-electron chi connectivity index (χ4n) is 1.35. The fourth-order valence-corrected chi connectivity index (χ4v) is 1.35. The first-order valence-corrected chi connectivity index (χ1v) is 6.38. The van der Waals surface area contributed by atoms with Gasteiger partial charge in [0.2, 0.25) is 0 Å². The van der Waals surface area contributed by atoms with Gasteiger partial charge in [0, 0.05) is 6.54 Å². The first kappa shape index (κ1) is 15.8. The lowest BCUT2D eigenvalue weighted by Gasteiger charge is -2.10. The summed E-state index contributed by atoms with van der Waals surface area (Å²) in [5.41, 5.74) is 0. The number of carbonyl (C=O) groups is 2. The number of nitrogens with one attached hydrogen (secondary N) is 1. The van der Waals surface area contributed by atoms with E-state index in [0.717, 1.165) is 5.75 Å². The minimum atomic E-state index is -0.947. The van der Waals surface area contributed by atoms with Crippen LogP contribution >= 0.6 is 0 Å². The SMILES string of the molecule is CCOc1ccc(OCC(=O)NCC(C)C(=O)O)cc1. The molecule has 20 heavy (non-hydrogen) atoms. The predicted molar refractivity (Wildman–Crippen MR) is 72.9 cm³/mol. The molecule has 1 rings (SSSR count). The molecule has 0 aliphatic heterocycles. The molecule has 1 amide bonds. The summed E-state index contributed by atoms with van der Waals surface area (Å²) in [6.45, 7) is 3.94. The Bertz CT molecular complexity index is 443. The van der Waals surface area contributed by atoms with Gasteiger partial charge in [-0.25, -0.2) is 0 Å². The van der Waals surface area contributed by atoms with Crippen LogP contribution in [0.3, 0.4) is 0 Å². The molecule has 0 aliphatic carbocycles. The summed E-state index contributed by atoms with van der Waals surface area (Å²) in [7, 11) is 0. The van der Waals surface area contributed by atoms with Crippen LogP contribution in [0.4, 0.5) is 0 Å². The highest BCUT2D eigenvalue weighted by molar-refractivity contribution is 5.78. The van der Waals surface area contributed by atoms with Gasteiger partial charge >= 0.3 is 5.97 Å². The third kappa shape index (κ3) is 5.60. The Morgan fingerprint density at radius 3 is 2.25 bits per heavy atom. The number of carboxylic acids is 1. The Hall–Kier alpha value is -2.24. The predicted octanol–water partition coefficient (Wildman–Crippen LogP) is 1.30. The van der Waals surface area contributed by atoms with E-state index < -0.39 is 11.9 Å². The third-order valence-corrected chi connectivity index (χ3v) is 2.53. The zero-order chi connectivity index (χ0) is 15.0. The number of hydrogen-bond acceptors (Lipinski definition) is 4. The molecule has 2 N–H and O–H groups in total. The average molecular weight is 281 g/mol. The molecule has 110 valence electrons. The number of hydrogen-bond donors (Lipinski definition) is 2. The highest BCUT2D eigenvalue weighted by atomic mass is 16.5. The van der Waals surface area contributed by atoms with Crippen LogP contribution in [-0.4, -0.2) is 36.7 Å². The molecule has 1 aromatic rings. The smallest absolute Gasteiger partial charge is 0.308 e. The molecule has 0 fully saturated rings. The van der Waals surface area contributed by atoms with Crippen molar-refractivity contribution in [2.24, 2.45) is 5.92 Å². The standard InChI is InChI=1S/C14H19NO5/c1-3-19-11-4-6-12(7-5-11)20-9-13(16)15-8-10(2)14(17)18/h4-7,10H,3,8-9H2,1-2H3,(H,15,16)(H,17,18). The van der Waals surface area contributed by atoms with E-state index >= 15 is 0 Å². The van der Waals surface area contributed by atoms with E-state index in [9.17, 15) is 9.59 Å². The number of carboxylic acid groups (broad SMARTS) is 1. The van der Waals surface area contributed by atoms with Gasteiger partial charge in [0.25, 0.3) is 5.91 Å². The van der Waals surface area contributed by atoms with Gasteiger partial charge in [-0.1, -0.05) is 6.92 Å². The molecule has 0 aromatic heterocycles. The zero-order valence-corrected chi connectivity index (χ0v) is 11.6. The van der Waals surface area contributed by atoms with Crippen LogP contribution in [0.5, 0.6) is 11.5 Å². The quantitative estimate of drug-likeness (QED) is 0.750. The number of carbonyl (C=O) groups excluding carboxylic acids is 1. The molecule has 0 saturated heterocycles. The van der Waals surface area contributed by atoms with Crippen LogP contribution in [0.15, 0.2) is 24.3 Å². The van der Waals surface area contributed by atoms with Gasteiger partial charge in [-0.15, -0.1) is 0 Å². The molecule has 0 aliphatic rings. The number of amides is 1. The van der Waals surface area contributed by atoms with E-state index in [1.807, 2.05) is 6.92 Å². The Kier molecular flexibility index (Phi) is 6.36. The normalized spacial score (nSPS) is 11.5. The van der Waals surface area contributed by atoms with Gasteiger partial charge in [0.1, 0.15) is 11.5 Å². The Labute approximate surface area is 117 Å². The maximum Gasteiger partial charge on any atom is 0.308 e. The zero-order valence-electron chi connectivity index (χ0n) is 11.6. The van der Waals surface area contributed by atoms with E-state index in [1.54, 1.807) is 24.3 Å². The molecule has 0 radical (unpaired) electrons. The lowest BCUT2D eigenvalue weighted by molar-refractivity contribution is -0.141. The van der Waals surface area contributed by atoms with Crippen LogP contribution in [0.1, 0.15) is 13.8 Å². The Morgan fingerprint density at radius 2 is 1.75 bits per heavy atom. The van der Waals surface area contributed by atoms with Gasteiger partial charge in [0.15, 0.2) is 6.61 Å². The molecule has 6 nitrogen and oxygen atoms in total.